The fourth-order valence-electron chi connectivity index (χ4n) is 2.08. The molecule has 0 aliphatic carbocycles. The van der Waals surface area contributed by atoms with Crippen molar-refractivity contribution in [2.75, 3.05) is 6.54 Å². The number of thiazole rings is 1. The predicted molar refractivity (Wildman–Crippen MR) is 83.7 cm³/mol. The Balaban J connectivity index is 1.46. The standard InChI is InChI=1S/C16H16FN3S/c17-13-5-3-12(4-6-13)7-9-18-11-16-20-10-15(21-16)14-2-1-8-19-14/h1-6,8,10,18-19H,7,9,11H2. The van der Waals surface area contributed by atoms with Crippen LogP contribution < -0.4 is 5.32 Å². The van der Waals surface area contributed by atoms with Crippen molar-refractivity contribution in [2.24, 2.45) is 0 Å². The maximum absolute atomic E-state index is 12.8. The second-order valence-corrected chi connectivity index (χ2v) is 5.87. The Bertz CT molecular complexity index is 674. The number of nitrogens with zero attached hydrogens (tertiary/aromatic N) is 1. The summed E-state index contributed by atoms with van der Waals surface area (Å²) in [6.07, 6.45) is 4.69. The zero-order valence-corrected chi connectivity index (χ0v) is 12.3. The van der Waals surface area contributed by atoms with Gasteiger partial charge in [-0.3, -0.25) is 0 Å². The van der Waals surface area contributed by atoms with Crippen LogP contribution in [0.25, 0.3) is 10.6 Å². The monoisotopic (exact) mass is 301 g/mol. The van der Waals surface area contributed by atoms with E-state index >= 15 is 0 Å². The molecule has 0 bridgehead atoms. The quantitative estimate of drug-likeness (QED) is 0.683. The van der Waals surface area contributed by atoms with Gasteiger partial charge in [0.1, 0.15) is 10.8 Å². The van der Waals surface area contributed by atoms with Gasteiger partial charge in [-0.05, 0) is 42.8 Å². The zero-order valence-electron chi connectivity index (χ0n) is 11.5. The van der Waals surface area contributed by atoms with Crippen molar-refractivity contribution in [1.82, 2.24) is 15.3 Å². The van der Waals surface area contributed by atoms with Gasteiger partial charge >= 0.3 is 0 Å². The summed E-state index contributed by atoms with van der Waals surface area (Å²) in [6.45, 7) is 1.61. The van der Waals surface area contributed by atoms with Gasteiger partial charge < -0.3 is 10.3 Å². The van der Waals surface area contributed by atoms with E-state index in [4.69, 9.17) is 0 Å². The molecule has 3 rings (SSSR count). The van der Waals surface area contributed by atoms with E-state index in [-0.39, 0.29) is 5.82 Å². The largest absolute Gasteiger partial charge is 0.360 e. The van der Waals surface area contributed by atoms with Gasteiger partial charge in [0.05, 0.1) is 10.6 Å². The zero-order chi connectivity index (χ0) is 14.5. The third-order valence-corrected chi connectivity index (χ3v) is 4.23. The third kappa shape index (κ3) is 3.77. The fraction of sp³-hybridized carbons (Fsp3) is 0.188. The van der Waals surface area contributed by atoms with Crippen LogP contribution in [-0.4, -0.2) is 16.5 Å². The minimum atomic E-state index is -0.189. The molecule has 21 heavy (non-hydrogen) atoms. The first-order valence-electron chi connectivity index (χ1n) is 6.85. The molecular formula is C16H16FN3S. The van der Waals surface area contributed by atoms with Crippen LogP contribution in [0.3, 0.4) is 0 Å². The maximum Gasteiger partial charge on any atom is 0.123 e. The van der Waals surface area contributed by atoms with Crippen molar-refractivity contribution in [3.8, 4) is 10.6 Å². The van der Waals surface area contributed by atoms with Crippen LogP contribution in [0.4, 0.5) is 4.39 Å². The Morgan fingerprint density at radius 1 is 1.19 bits per heavy atom. The van der Waals surface area contributed by atoms with Crippen molar-refractivity contribution in [3.63, 3.8) is 0 Å². The Morgan fingerprint density at radius 2 is 2.05 bits per heavy atom. The second-order valence-electron chi connectivity index (χ2n) is 4.76. The molecule has 2 aromatic heterocycles. The summed E-state index contributed by atoms with van der Waals surface area (Å²) in [6, 6.07) is 10.7. The molecule has 0 spiro atoms. The highest BCUT2D eigenvalue weighted by molar-refractivity contribution is 7.15. The molecule has 0 amide bonds. The number of rotatable bonds is 6. The lowest BCUT2D eigenvalue weighted by Crippen LogP contribution is -2.16. The molecule has 1 aromatic carbocycles. The summed E-state index contributed by atoms with van der Waals surface area (Å²) in [5.41, 5.74) is 2.24. The van der Waals surface area contributed by atoms with Gasteiger partial charge in [0, 0.05) is 18.9 Å². The Kier molecular flexibility index (Phi) is 4.43. The summed E-state index contributed by atoms with van der Waals surface area (Å²) in [7, 11) is 0. The summed E-state index contributed by atoms with van der Waals surface area (Å²) < 4.78 is 12.8. The number of hydrogen-bond acceptors (Lipinski definition) is 3. The van der Waals surface area contributed by atoms with E-state index in [0.717, 1.165) is 40.7 Å². The highest BCUT2D eigenvalue weighted by atomic mass is 32.1. The molecule has 2 heterocycles. The average Bonchev–Trinajstić information content (AvgIpc) is 3.16. The summed E-state index contributed by atoms with van der Waals surface area (Å²) >= 11 is 1.68. The van der Waals surface area contributed by atoms with Gasteiger partial charge in [0.15, 0.2) is 0 Å². The highest BCUT2D eigenvalue weighted by Gasteiger charge is 2.04. The molecule has 0 aliphatic heterocycles. The number of H-pyrrole nitrogens is 1. The molecule has 108 valence electrons. The summed E-state index contributed by atoms with van der Waals surface area (Å²) in [5, 5.41) is 4.44. The van der Waals surface area contributed by atoms with Crippen LogP contribution in [0.5, 0.6) is 0 Å². The molecule has 2 N–H and O–H groups in total. The lowest BCUT2D eigenvalue weighted by atomic mass is 10.1. The minimum Gasteiger partial charge on any atom is -0.360 e. The van der Waals surface area contributed by atoms with Gasteiger partial charge in [-0.1, -0.05) is 12.1 Å². The predicted octanol–water partition coefficient (Wildman–Crippen LogP) is 3.61. The molecule has 0 radical (unpaired) electrons. The Labute approximate surface area is 126 Å². The van der Waals surface area contributed by atoms with E-state index in [1.54, 1.807) is 11.3 Å². The molecule has 0 aliphatic rings. The number of aromatic nitrogens is 2. The number of hydrogen-bond donors (Lipinski definition) is 2. The van der Waals surface area contributed by atoms with Crippen molar-refractivity contribution in [3.05, 3.63) is 65.2 Å². The average molecular weight is 301 g/mol. The van der Waals surface area contributed by atoms with E-state index in [2.05, 4.69) is 15.3 Å². The number of nitrogens with one attached hydrogen (secondary N) is 2. The molecule has 0 unspecified atom stereocenters. The number of aromatic amines is 1. The highest BCUT2D eigenvalue weighted by Crippen LogP contribution is 2.24. The maximum atomic E-state index is 12.8. The Hall–Kier alpha value is -1.98. The van der Waals surface area contributed by atoms with E-state index in [0.29, 0.717) is 0 Å². The Morgan fingerprint density at radius 3 is 2.81 bits per heavy atom. The molecule has 0 saturated heterocycles. The second kappa shape index (κ2) is 6.65. The van der Waals surface area contributed by atoms with Gasteiger partial charge in [-0.15, -0.1) is 11.3 Å². The van der Waals surface area contributed by atoms with E-state index in [1.165, 1.54) is 12.1 Å². The lowest BCUT2D eigenvalue weighted by molar-refractivity contribution is 0.626. The van der Waals surface area contributed by atoms with Crippen LogP contribution in [0, 0.1) is 5.82 Å². The summed E-state index contributed by atoms with van der Waals surface area (Å²) in [5.74, 6) is -0.189. The van der Waals surface area contributed by atoms with Crippen LogP contribution in [-0.2, 0) is 13.0 Å². The van der Waals surface area contributed by atoms with Crippen LogP contribution >= 0.6 is 11.3 Å². The van der Waals surface area contributed by atoms with Crippen LogP contribution in [0.15, 0.2) is 48.8 Å². The third-order valence-electron chi connectivity index (χ3n) is 3.20. The van der Waals surface area contributed by atoms with Crippen molar-refractivity contribution >= 4 is 11.3 Å². The summed E-state index contributed by atoms with van der Waals surface area (Å²) in [4.78, 5) is 8.74. The topological polar surface area (TPSA) is 40.7 Å². The van der Waals surface area contributed by atoms with Crippen LogP contribution in [0.2, 0.25) is 0 Å². The van der Waals surface area contributed by atoms with Gasteiger partial charge in [-0.2, -0.15) is 0 Å². The lowest BCUT2D eigenvalue weighted by Gasteiger charge is -2.03. The molecular weight excluding hydrogens is 285 g/mol. The first-order valence-corrected chi connectivity index (χ1v) is 7.66. The van der Waals surface area contributed by atoms with Crippen molar-refractivity contribution < 1.29 is 4.39 Å². The molecule has 3 nitrogen and oxygen atoms in total. The van der Waals surface area contributed by atoms with E-state index < -0.39 is 0 Å². The normalized spacial score (nSPS) is 10.9. The first kappa shape index (κ1) is 14.0. The molecule has 3 aromatic rings. The van der Waals surface area contributed by atoms with Crippen molar-refractivity contribution in [2.45, 2.75) is 13.0 Å². The van der Waals surface area contributed by atoms with Gasteiger partial charge in [-0.25, -0.2) is 9.37 Å². The first-order chi connectivity index (χ1) is 10.3. The smallest absolute Gasteiger partial charge is 0.123 e. The molecule has 0 atom stereocenters. The SMILES string of the molecule is Fc1ccc(CCNCc2ncc(-c3ccc[nH]3)s2)cc1. The van der Waals surface area contributed by atoms with Crippen LogP contribution in [0.1, 0.15) is 10.6 Å². The number of benzene rings is 1. The molecule has 5 heteroatoms. The molecule has 0 fully saturated rings. The minimum absolute atomic E-state index is 0.189. The van der Waals surface area contributed by atoms with E-state index in [9.17, 15) is 4.39 Å². The van der Waals surface area contributed by atoms with E-state index in [1.807, 2.05) is 36.7 Å². The van der Waals surface area contributed by atoms with Gasteiger partial charge in [0.25, 0.3) is 0 Å². The fourth-order valence-corrected chi connectivity index (χ4v) is 2.96. The number of halogens is 1. The van der Waals surface area contributed by atoms with Crippen molar-refractivity contribution in [1.29, 1.82) is 0 Å². The van der Waals surface area contributed by atoms with Gasteiger partial charge in [0.2, 0.25) is 0 Å². The molecule has 0 saturated carbocycles.